The predicted molar refractivity (Wildman–Crippen MR) is 56.6 cm³/mol. The van der Waals surface area contributed by atoms with Crippen molar-refractivity contribution >= 4 is 21.9 Å². The van der Waals surface area contributed by atoms with Gasteiger partial charge in [0.15, 0.2) is 0 Å². The van der Waals surface area contributed by atoms with E-state index in [4.69, 9.17) is 9.52 Å². The summed E-state index contributed by atoms with van der Waals surface area (Å²) >= 11 is 2.91. The smallest absolute Gasteiger partial charge is 0.374 e. The molecule has 0 fully saturated rings. The van der Waals surface area contributed by atoms with Crippen molar-refractivity contribution in [2.75, 3.05) is 0 Å². The molecule has 1 aromatic carbocycles. The van der Waals surface area contributed by atoms with Crippen LogP contribution in [-0.2, 0) is 0 Å². The van der Waals surface area contributed by atoms with Gasteiger partial charge in [-0.1, -0.05) is 12.1 Å². The molecule has 16 heavy (non-hydrogen) atoms. The molecule has 4 nitrogen and oxygen atoms in total. The third-order valence-electron chi connectivity index (χ3n) is 1.92. The molecule has 0 saturated carbocycles. The summed E-state index contributed by atoms with van der Waals surface area (Å²) in [7, 11) is 0. The van der Waals surface area contributed by atoms with Crippen LogP contribution < -0.4 is 0 Å². The van der Waals surface area contributed by atoms with E-state index in [2.05, 4.69) is 20.9 Å². The van der Waals surface area contributed by atoms with Crippen molar-refractivity contribution < 1.29 is 18.7 Å². The van der Waals surface area contributed by atoms with Gasteiger partial charge >= 0.3 is 5.97 Å². The standard InChI is InChI=1S/C10H5BrFNO3/c11-10-13-7(8(16-10)9(14)15)5-3-1-2-4-6(5)12/h1-4H,(H,14,15). The molecule has 1 N–H and O–H groups in total. The molecular formula is C10H5BrFNO3. The molecule has 0 aliphatic heterocycles. The zero-order valence-electron chi connectivity index (χ0n) is 7.78. The first-order chi connectivity index (χ1) is 7.59. The summed E-state index contributed by atoms with van der Waals surface area (Å²) < 4.78 is 18.3. The monoisotopic (exact) mass is 285 g/mol. The van der Waals surface area contributed by atoms with E-state index < -0.39 is 17.5 Å². The molecule has 1 aromatic heterocycles. The Hall–Kier alpha value is -1.69. The minimum atomic E-state index is -1.29. The molecule has 1 heterocycles. The highest BCUT2D eigenvalue weighted by Gasteiger charge is 2.21. The first kappa shape index (κ1) is 10.8. The normalized spacial score (nSPS) is 10.4. The van der Waals surface area contributed by atoms with Gasteiger partial charge in [-0.25, -0.2) is 14.2 Å². The minimum absolute atomic E-state index is 0.00292. The van der Waals surface area contributed by atoms with Crippen LogP contribution in [0, 0.1) is 5.82 Å². The average Bonchev–Trinajstić information content (AvgIpc) is 2.61. The van der Waals surface area contributed by atoms with E-state index >= 15 is 0 Å². The molecule has 2 aromatic rings. The van der Waals surface area contributed by atoms with E-state index in [1.165, 1.54) is 18.2 Å². The highest BCUT2D eigenvalue weighted by atomic mass is 79.9. The third-order valence-corrected chi connectivity index (χ3v) is 2.26. The number of carboxylic acids is 1. The SMILES string of the molecule is O=C(O)c1oc(Br)nc1-c1ccccc1F. The maximum atomic E-state index is 13.4. The van der Waals surface area contributed by atoms with Gasteiger partial charge in [-0.15, -0.1) is 0 Å². The summed E-state index contributed by atoms with van der Waals surface area (Å²) in [6, 6.07) is 5.76. The highest BCUT2D eigenvalue weighted by molar-refractivity contribution is 9.10. The number of nitrogens with zero attached hydrogens (tertiary/aromatic N) is 1. The number of aromatic nitrogens is 1. The first-order valence-corrected chi connectivity index (χ1v) is 5.03. The fourth-order valence-electron chi connectivity index (χ4n) is 1.27. The number of rotatable bonds is 2. The van der Waals surface area contributed by atoms with Gasteiger partial charge in [0.05, 0.1) is 0 Å². The molecule has 0 saturated heterocycles. The molecule has 0 radical (unpaired) electrons. The number of halogens is 2. The molecule has 0 atom stereocenters. The van der Waals surface area contributed by atoms with Crippen molar-refractivity contribution in [2.45, 2.75) is 0 Å². The summed E-state index contributed by atoms with van der Waals surface area (Å²) in [6.07, 6.45) is 0. The lowest BCUT2D eigenvalue weighted by atomic mass is 10.1. The van der Waals surface area contributed by atoms with Crippen LogP contribution in [0.4, 0.5) is 4.39 Å². The van der Waals surface area contributed by atoms with E-state index in [-0.39, 0.29) is 16.1 Å². The number of aromatic carboxylic acids is 1. The predicted octanol–water partition coefficient (Wildman–Crippen LogP) is 2.94. The number of carboxylic acid groups (broad SMARTS) is 1. The Bertz CT molecular complexity index is 553. The Kier molecular flexibility index (Phi) is 2.74. The van der Waals surface area contributed by atoms with Gasteiger partial charge in [-0.2, -0.15) is 0 Å². The van der Waals surface area contributed by atoms with Crippen molar-refractivity contribution in [3.05, 3.63) is 40.6 Å². The summed E-state index contributed by atoms with van der Waals surface area (Å²) in [5, 5.41) is 8.85. The summed E-state index contributed by atoms with van der Waals surface area (Å²) in [5.41, 5.74) is 0.0619. The lowest BCUT2D eigenvalue weighted by Gasteiger charge is -1.98. The van der Waals surface area contributed by atoms with Crippen LogP contribution in [0.25, 0.3) is 11.3 Å². The Morgan fingerprint density at radius 3 is 2.75 bits per heavy atom. The van der Waals surface area contributed by atoms with E-state index in [1.807, 2.05) is 0 Å². The van der Waals surface area contributed by atoms with Crippen molar-refractivity contribution in [3.8, 4) is 11.3 Å². The molecule has 0 amide bonds. The summed E-state index contributed by atoms with van der Waals surface area (Å²) in [4.78, 5) is 14.6. The van der Waals surface area contributed by atoms with Gasteiger partial charge in [0.2, 0.25) is 5.76 Å². The van der Waals surface area contributed by atoms with Crippen LogP contribution in [0.2, 0.25) is 0 Å². The summed E-state index contributed by atoms with van der Waals surface area (Å²) in [5.74, 6) is -2.24. The lowest BCUT2D eigenvalue weighted by Crippen LogP contribution is -1.97. The summed E-state index contributed by atoms with van der Waals surface area (Å²) in [6.45, 7) is 0. The fourth-order valence-corrected chi connectivity index (χ4v) is 1.61. The largest absolute Gasteiger partial charge is 0.475 e. The molecule has 0 aliphatic carbocycles. The van der Waals surface area contributed by atoms with Crippen LogP contribution in [0.3, 0.4) is 0 Å². The van der Waals surface area contributed by atoms with Gasteiger partial charge in [-0.05, 0) is 12.1 Å². The molecule has 6 heteroatoms. The van der Waals surface area contributed by atoms with Crippen molar-refractivity contribution in [1.29, 1.82) is 0 Å². The second kappa shape index (κ2) is 4.05. The number of benzene rings is 1. The maximum absolute atomic E-state index is 13.4. The van der Waals surface area contributed by atoms with Crippen LogP contribution in [-0.4, -0.2) is 16.1 Å². The van der Waals surface area contributed by atoms with E-state index in [0.29, 0.717) is 0 Å². The Balaban J connectivity index is 2.64. The van der Waals surface area contributed by atoms with E-state index in [0.717, 1.165) is 0 Å². The van der Waals surface area contributed by atoms with Crippen molar-refractivity contribution in [2.24, 2.45) is 0 Å². The molecule has 0 aliphatic rings. The molecular weight excluding hydrogens is 281 g/mol. The van der Waals surface area contributed by atoms with Crippen LogP contribution in [0.1, 0.15) is 10.6 Å². The Labute approximate surface area is 97.9 Å². The van der Waals surface area contributed by atoms with Crippen LogP contribution in [0.5, 0.6) is 0 Å². The van der Waals surface area contributed by atoms with Crippen molar-refractivity contribution in [3.63, 3.8) is 0 Å². The van der Waals surface area contributed by atoms with Crippen molar-refractivity contribution in [1.82, 2.24) is 4.98 Å². The minimum Gasteiger partial charge on any atom is -0.475 e. The van der Waals surface area contributed by atoms with Gasteiger partial charge in [0, 0.05) is 21.5 Å². The lowest BCUT2D eigenvalue weighted by molar-refractivity contribution is 0.0662. The second-order valence-electron chi connectivity index (χ2n) is 2.93. The third kappa shape index (κ3) is 1.83. The van der Waals surface area contributed by atoms with Gasteiger partial charge < -0.3 is 9.52 Å². The first-order valence-electron chi connectivity index (χ1n) is 4.24. The number of oxazole rings is 1. The fraction of sp³-hybridized carbons (Fsp3) is 0. The van der Waals surface area contributed by atoms with Gasteiger partial charge in [0.1, 0.15) is 11.5 Å². The number of hydrogen-bond donors (Lipinski definition) is 1. The van der Waals surface area contributed by atoms with Crippen LogP contribution in [0.15, 0.2) is 33.5 Å². The van der Waals surface area contributed by atoms with E-state index in [1.54, 1.807) is 6.07 Å². The van der Waals surface area contributed by atoms with Gasteiger partial charge in [-0.3, -0.25) is 0 Å². The number of carbonyl (C=O) groups is 1. The molecule has 82 valence electrons. The molecule has 2 rings (SSSR count). The quantitative estimate of drug-likeness (QED) is 0.921. The van der Waals surface area contributed by atoms with Crippen LogP contribution >= 0.6 is 15.9 Å². The Morgan fingerprint density at radius 1 is 1.44 bits per heavy atom. The number of hydrogen-bond acceptors (Lipinski definition) is 3. The zero-order chi connectivity index (χ0) is 11.7. The average molecular weight is 286 g/mol. The highest BCUT2D eigenvalue weighted by Crippen LogP contribution is 2.28. The molecule has 0 unspecified atom stereocenters. The maximum Gasteiger partial charge on any atom is 0.374 e. The molecule has 0 spiro atoms. The zero-order valence-corrected chi connectivity index (χ0v) is 9.36. The van der Waals surface area contributed by atoms with E-state index in [9.17, 15) is 9.18 Å². The van der Waals surface area contributed by atoms with Gasteiger partial charge in [0.25, 0.3) is 4.80 Å². The molecule has 0 bridgehead atoms. The topological polar surface area (TPSA) is 63.3 Å². The second-order valence-corrected chi connectivity index (χ2v) is 3.61. The Morgan fingerprint density at radius 2 is 2.12 bits per heavy atom.